The van der Waals surface area contributed by atoms with E-state index in [9.17, 15) is 13.6 Å². The number of halogens is 4. The summed E-state index contributed by atoms with van der Waals surface area (Å²) in [6.45, 7) is 5.31. The molecule has 1 amide bonds. The van der Waals surface area contributed by atoms with E-state index in [0.717, 1.165) is 31.1 Å². The van der Waals surface area contributed by atoms with Crippen LogP contribution in [0.2, 0.25) is 0 Å². The lowest BCUT2D eigenvalue weighted by molar-refractivity contribution is -0.123. The largest absolute Gasteiger partial charge is 0.351 e. The zero-order valence-corrected chi connectivity index (χ0v) is 17.2. The van der Waals surface area contributed by atoms with Crippen LogP contribution in [0.1, 0.15) is 37.3 Å². The van der Waals surface area contributed by atoms with Crippen LogP contribution in [-0.4, -0.2) is 42.4 Å². The molecule has 2 unspecified atom stereocenters. The molecule has 2 fully saturated rings. The highest BCUT2D eigenvalue weighted by molar-refractivity contribution is 5.85. The van der Waals surface area contributed by atoms with E-state index in [2.05, 4.69) is 28.5 Å². The highest BCUT2D eigenvalue weighted by Gasteiger charge is 2.42. The molecule has 2 atom stereocenters. The molecule has 2 aliphatic rings. The number of carbonyl (C=O) groups is 1. The average molecular weight is 424 g/mol. The van der Waals surface area contributed by atoms with E-state index in [-0.39, 0.29) is 30.7 Å². The van der Waals surface area contributed by atoms with Crippen LogP contribution < -0.4 is 10.6 Å². The van der Waals surface area contributed by atoms with Crippen molar-refractivity contribution in [2.45, 2.75) is 51.2 Å². The molecule has 2 saturated heterocycles. The van der Waals surface area contributed by atoms with Crippen LogP contribution in [-0.2, 0) is 17.9 Å². The molecule has 2 heterocycles. The number of hydrogen-bond donors (Lipinski definition) is 2. The van der Waals surface area contributed by atoms with Crippen LogP contribution in [0.25, 0.3) is 0 Å². The number of nitrogens with one attached hydrogen (secondary N) is 2. The van der Waals surface area contributed by atoms with Gasteiger partial charge in [-0.3, -0.25) is 15.0 Å². The molecule has 0 aromatic heterocycles. The fourth-order valence-corrected chi connectivity index (χ4v) is 3.76. The Morgan fingerprint density at radius 3 is 2.63 bits per heavy atom. The van der Waals surface area contributed by atoms with Gasteiger partial charge in [-0.15, -0.1) is 24.8 Å². The molecule has 0 radical (unpaired) electrons. The fraction of sp³-hybridized carbons (Fsp3) is 0.632. The highest BCUT2D eigenvalue weighted by Crippen LogP contribution is 2.25. The standard InChI is InChI=1S/C19H27F2N3O.2ClH/c1-14-5-4-8-24(11-14)12-16-7-3-2-6-15(16)10-22-18(25)17-9-19(20,21)13-23-17;;/h2-3,6-7,14,17,23H,4-5,8-13H2,1H3,(H,22,25);2*1H. The maximum Gasteiger partial charge on any atom is 0.262 e. The Morgan fingerprint density at radius 1 is 1.30 bits per heavy atom. The number of nitrogens with zero attached hydrogens (tertiary/aromatic N) is 1. The van der Waals surface area contributed by atoms with E-state index in [0.29, 0.717) is 6.54 Å². The molecule has 1 aromatic rings. The third kappa shape index (κ3) is 6.86. The van der Waals surface area contributed by atoms with E-state index in [1.54, 1.807) is 0 Å². The fourth-order valence-electron chi connectivity index (χ4n) is 3.76. The van der Waals surface area contributed by atoms with Gasteiger partial charge in [0.2, 0.25) is 5.91 Å². The minimum atomic E-state index is -2.79. The molecule has 154 valence electrons. The Labute approximate surface area is 172 Å². The zero-order chi connectivity index (χ0) is 17.9. The van der Waals surface area contributed by atoms with Gasteiger partial charge in [0.25, 0.3) is 5.92 Å². The van der Waals surface area contributed by atoms with Gasteiger partial charge in [0.15, 0.2) is 0 Å². The third-order valence-corrected chi connectivity index (χ3v) is 5.13. The first-order valence-corrected chi connectivity index (χ1v) is 9.11. The van der Waals surface area contributed by atoms with E-state index >= 15 is 0 Å². The summed E-state index contributed by atoms with van der Waals surface area (Å²) < 4.78 is 26.5. The van der Waals surface area contributed by atoms with Crippen LogP contribution >= 0.6 is 24.8 Å². The number of likely N-dealkylation sites (tertiary alicyclic amines) is 1. The maximum absolute atomic E-state index is 13.2. The molecule has 0 aliphatic carbocycles. The Kier molecular flexibility index (Phi) is 9.42. The molecule has 2 aliphatic heterocycles. The summed E-state index contributed by atoms with van der Waals surface area (Å²) in [6.07, 6.45) is 2.08. The molecule has 0 spiro atoms. The predicted octanol–water partition coefficient (Wildman–Crippen LogP) is 3.38. The van der Waals surface area contributed by atoms with Crippen LogP contribution in [0, 0.1) is 5.92 Å². The molecular formula is C19H29Cl2F2N3O. The van der Waals surface area contributed by atoms with E-state index in [1.807, 2.05) is 18.2 Å². The second-order valence-electron chi connectivity index (χ2n) is 7.46. The van der Waals surface area contributed by atoms with Crippen molar-refractivity contribution in [2.75, 3.05) is 19.6 Å². The van der Waals surface area contributed by atoms with E-state index < -0.39 is 24.9 Å². The minimum absolute atomic E-state index is 0. The van der Waals surface area contributed by atoms with Crippen molar-refractivity contribution >= 4 is 30.7 Å². The normalized spacial score (nSPS) is 24.6. The Morgan fingerprint density at radius 2 is 2.00 bits per heavy atom. The van der Waals surface area contributed by atoms with Crippen LogP contribution in [0.3, 0.4) is 0 Å². The predicted molar refractivity (Wildman–Crippen MR) is 108 cm³/mol. The first kappa shape index (κ1) is 24.1. The second-order valence-corrected chi connectivity index (χ2v) is 7.46. The van der Waals surface area contributed by atoms with Gasteiger partial charge in [0.05, 0.1) is 12.6 Å². The van der Waals surface area contributed by atoms with Crippen molar-refractivity contribution < 1.29 is 13.6 Å². The van der Waals surface area contributed by atoms with E-state index in [1.165, 1.54) is 18.4 Å². The topological polar surface area (TPSA) is 44.4 Å². The quantitative estimate of drug-likeness (QED) is 0.762. The summed E-state index contributed by atoms with van der Waals surface area (Å²) in [5.74, 6) is -2.42. The van der Waals surface area contributed by atoms with Crippen LogP contribution in [0.15, 0.2) is 24.3 Å². The number of piperidine rings is 1. The summed E-state index contributed by atoms with van der Waals surface area (Å²) in [5.41, 5.74) is 2.25. The molecule has 0 saturated carbocycles. The number of benzene rings is 1. The average Bonchev–Trinajstić information content (AvgIpc) is 2.94. The van der Waals surface area contributed by atoms with Crippen molar-refractivity contribution in [3.05, 3.63) is 35.4 Å². The number of rotatable bonds is 5. The van der Waals surface area contributed by atoms with Crippen LogP contribution in [0.4, 0.5) is 8.78 Å². The monoisotopic (exact) mass is 423 g/mol. The van der Waals surface area contributed by atoms with Gasteiger partial charge in [-0.2, -0.15) is 0 Å². The third-order valence-electron chi connectivity index (χ3n) is 5.13. The Bertz CT molecular complexity index is 618. The maximum atomic E-state index is 13.2. The van der Waals surface area contributed by atoms with Gasteiger partial charge in [0.1, 0.15) is 0 Å². The molecule has 1 aromatic carbocycles. The molecule has 27 heavy (non-hydrogen) atoms. The SMILES string of the molecule is CC1CCCN(Cc2ccccc2CNC(=O)C2CC(F)(F)CN2)C1.Cl.Cl. The van der Waals surface area contributed by atoms with Crippen LogP contribution in [0.5, 0.6) is 0 Å². The molecule has 2 N–H and O–H groups in total. The molecular weight excluding hydrogens is 395 g/mol. The molecule has 3 rings (SSSR count). The van der Waals surface area contributed by atoms with Gasteiger partial charge in [-0.1, -0.05) is 31.2 Å². The van der Waals surface area contributed by atoms with Gasteiger partial charge in [-0.25, -0.2) is 8.78 Å². The lowest BCUT2D eigenvalue weighted by atomic mass is 9.99. The molecule has 8 heteroatoms. The van der Waals surface area contributed by atoms with Crippen molar-refractivity contribution in [2.24, 2.45) is 5.92 Å². The Hall–Kier alpha value is -0.950. The van der Waals surface area contributed by atoms with Crippen molar-refractivity contribution in [1.29, 1.82) is 0 Å². The number of amides is 1. The first-order chi connectivity index (χ1) is 11.9. The Balaban J connectivity index is 0.00000182. The number of carbonyl (C=O) groups excluding carboxylic acids is 1. The number of hydrogen-bond acceptors (Lipinski definition) is 3. The smallest absolute Gasteiger partial charge is 0.262 e. The highest BCUT2D eigenvalue weighted by atomic mass is 35.5. The summed E-state index contributed by atoms with van der Waals surface area (Å²) in [6, 6.07) is 7.24. The van der Waals surface area contributed by atoms with Gasteiger partial charge < -0.3 is 5.32 Å². The molecule has 0 bridgehead atoms. The minimum Gasteiger partial charge on any atom is -0.351 e. The van der Waals surface area contributed by atoms with Crippen molar-refractivity contribution in [1.82, 2.24) is 15.5 Å². The van der Waals surface area contributed by atoms with E-state index in [4.69, 9.17) is 0 Å². The van der Waals surface area contributed by atoms with Gasteiger partial charge >= 0.3 is 0 Å². The summed E-state index contributed by atoms with van der Waals surface area (Å²) in [7, 11) is 0. The summed E-state index contributed by atoms with van der Waals surface area (Å²) >= 11 is 0. The first-order valence-electron chi connectivity index (χ1n) is 9.11. The second kappa shape index (κ2) is 10.6. The lowest BCUT2D eigenvalue weighted by Gasteiger charge is -2.31. The van der Waals surface area contributed by atoms with Crippen molar-refractivity contribution in [3.8, 4) is 0 Å². The number of alkyl halides is 2. The summed E-state index contributed by atoms with van der Waals surface area (Å²) in [4.78, 5) is 14.6. The lowest BCUT2D eigenvalue weighted by Crippen LogP contribution is -2.40. The molecule has 4 nitrogen and oxygen atoms in total. The summed E-state index contributed by atoms with van der Waals surface area (Å²) in [5, 5.41) is 5.41. The van der Waals surface area contributed by atoms with Gasteiger partial charge in [-0.05, 0) is 36.4 Å². The van der Waals surface area contributed by atoms with Gasteiger partial charge in [0, 0.05) is 26.1 Å². The van der Waals surface area contributed by atoms with Crippen molar-refractivity contribution in [3.63, 3.8) is 0 Å². The zero-order valence-electron chi connectivity index (χ0n) is 15.5.